The minimum atomic E-state index is -0.183. The molecule has 0 spiro atoms. The summed E-state index contributed by atoms with van der Waals surface area (Å²) in [5.41, 5.74) is 2.60. The molecular formula is C26H29N5O3S. The van der Waals surface area contributed by atoms with Crippen LogP contribution < -0.4 is 30.9 Å². The van der Waals surface area contributed by atoms with Gasteiger partial charge in [-0.2, -0.15) is 0 Å². The Morgan fingerprint density at radius 3 is 2.74 bits per heavy atom. The normalized spacial score (nSPS) is 27.5. The Morgan fingerprint density at radius 2 is 1.97 bits per heavy atom. The van der Waals surface area contributed by atoms with Gasteiger partial charge in [-0.25, -0.2) is 4.79 Å². The first-order valence-corrected chi connectivity index (χ1v) is 13.1. The molecule has 0 radical (unpaired) electrons. The van der Waals surface area contributed by atoms with Crippen molar-refractivity contribution >= 4 is 29.4 Å². The molecule has 182 valence electrons. The van der Waals surface area contributed by atoms with Crippen LogP contribution in [-0.4, -0.2) is 49.0 Å². The summed E-state index contributed by atoms with van der Waals surface area (Å²) >= 11 is 1.54. The molecule has 4 heterocycles. The summed E-state index contributed by atoms with van der Waals surface area (Å²) < 4.78 is 5.99. The van der Waals surface area contributed by atoms with Crippen LogP contribution in [0, 0.1) is 12.8 Å². The van der Waals surface area contributed by atoms with Crippen molar-refractivity contribution < 1.29 is 14.3 Å². The lowest BCUT2D eigenvalue weighted by Crippen LogP contribution is -2.62. The number of amides is 3. The number of carbonyl (C=O) groups excluding carboxylic acids is 2. The molecule has 4 aliphatic heterocycles. The Hall–Kier alpha value is -3.01. The molecule has 0 aromatic heterocycles. The highest BCUT2D eigenvalue weighted by atomic mass is 32.2. The molecule has 4 aliphatic rings. The zero-order chi connectivity index (χ0) is 23.9. The van der Waals surface area contributed by atoms with Gasteiger partial charge in [0.1, 0.15) is 11.5 Å². The maximum absolute atomic E-state index is 13.5. The van der Waals surface area contributed by atoms with Gasteiger partial charge < -0.3 is 26.0 Å². The van der Waals surface area contributed by atoms with Gasteiger partial charge in [0.15, 0.2) is 0 Å². The number of benzene rings is 2. The first-order chi connectivity index (χ1) is 17.1. The van der Waals surface area contributed by atoms with Crippen LogP contribution >= 0.6 is 11.8 Å². The zero-order valence-corrected chi connectivity index (χ0v) is 20.4. The fourth-order valence-corrected chi connectivity index (χ4v) is 6.92. The Morgan fingerprint density at radius 1 is 1.11 bits per heavy atom. The molecule has 2 aromatic rings. The highest BCUT2D eigenvalue weighted by Gasteiger charge is 2.52. The molecule has 3 amide bonds. The second-order valence-electron chi connectivity index (χ2n) is 9.44. The van der Waals surface area contributed by atoms with Gasteiger partial charge in [-0.05, 0) is 68.8 Å². The highest BCUT2D eigenvalue weighted by Crippen LogP contribution is 2.48. The third kappa shape index (κ3) is 4.17. The van der Waals surface area contributed by atoms with E-state index in [1.807, 2.05) is 60.4 Å². The largest absolute Gasteiger partial charge is 0.457 e. The molecule has 6 rings (SSSR count). The number of ether oxygens (including phenoxy) is 1. The van der Waals surface area contributed by atoms with E-state index < -0.39 is 0 Å². The zero-order valence-electron chi connectivity index (χ0n) is 19.5. The Kier molecular flexibility index (Phi) is 5.91. The van der Waals surface area contributed by atoms with Gasteiger partial charge in [0.25, 0.3) is 5.91 Å². The van der Waals surface area contributed by atoms with Crippen LogP contribution in [-0.2, 0) is 4.79 Å². The van der Waals surface area contributed by atoms with E-state index >= 15 is 0 Å². The van der Waals surface area contributed by atoms with Crippen molar-refractivity contribution in [2.75, 3.05) is 24.5 Å². The highest BCUT2D eigenvalue weighted by molar-refractivity contribution is 8.04. The van der Waals surface area contributed by atoms with Crippen molar-refractivity contribution in [2.45, 2.75) is 37.2 Å². The molecule has 3 unspecified atom stereocenters. The maximum Gasteiger partial charge on any atom is 0.326 e. The molecule has 0 aliphatic carbocycles. The second-order valence-corrected chi connectivity index (χ2v) is 10.6. The summed E-state index contributed by atoms with van der Waals surface area (Å²) in [7, 11) is 0. The first-order valence-electron chi connectivity index (χ1n) is 12.2. The number of aryl methyl sites for hydroxylation is 1. The van der Waals surface area contributed by atoms with Crippen molar-refractivity contribution in [1.82, 2.24) is 21.3 Å². The third-order valence-corrected chi connectivity index (χ3v) is 8.50. The van der Waals surface area contributed by atoms with Gasteiger partial charge in [0.05, 0.1) is 16.3 Å². The van der Waals surface area contributed by atoms with Crippen molar-refractivity contribution in [3.05, 3.63) is 64.7 Å². The smallest absolute Gasteiger partial charge is 0.326 e. The number of nitrogens with zero attached hydrogens (tertiary/aromatic N) is 1. The van der Waals surface area contributed by atoms with Crippen LogP contribution in [0.1, 0.15) is 18.4 Å². The minimum absolute atomic E-state index is 0.0180. The molecule has 4 N–H and O–H groups in total. The Balaban J connectivity index is 1.27. The quantitative estimate of drug-likeness (QED) is 0.514. The first kappa shape index (κ1) is 22.5. The van der Waals surface area contributed by atoms with Crippen molar-refractivity contribution in [3.63, 3.8) is 0 Å². The number of thioether (sulfide) groups is 1. The molecule has 3 fully saturated rings. The number of rotatable bonds is 5. The van der Waals surface area contributed by atoms with E-state index in [9.17, 15) is 9.59 Å². The van der Waals surface area contributed by atoms with E-state index in [0.717, 1.165) is 60.9 Å². The summed E-state index contributed by atoms with van der Waals surface area (Å²) in [6, 6.07) is 15.4. The lowest BCUT2D eigenvalue weighted by molar-refractivity contribution is -0.117. The van der Waals surface area contributed by atoms with Gasteiger partial charge in [0.2, 0.25) is 0 Å². The standard InChI is InChI=1S/C26H29N5O3S/c1-15-13-18(34-17-5-3-2-4-6-17)7-8-19(15)31-20-10-12-28-25-21(20)22(30-26(31)33)23(35-25)24(32)29-16-9-11-27-14-16/h2-8,13,16,20-21,25,27-28H,9-12,14H2,1H3,(H,29,32)(H,30,33)/t16-,20?,21?,25?/m1/s1. The monoisotopic (exact) mass is 491 g/mol. The van der Waals surface area contributed by atoms with Crippen LogP contribution in [0.5, 0.6) is 11.5 Å². The molecular weight excluding hydrogens is 462 g/mol. The van der Waals surface area contributed by atoms with E-state index in [1.165, 1.54) is 0 Å². The van der Waals surface area contributed by atoms with Crippen LogP contribution in [0.15, 0.2) is 59.1 Å². The van der Waals surface area contributed by atoms with Gasteiger partial charge in [-0.1, -0.05) is 30.0 Å². The molecule has 3 saturated heterocycles. The summed E-state index contributed by atoms with van der Waals surface area (Å²) in [6.07, 6.45) is 1.75. The van der Waals surface area contributed by atoms with Crippen LogP contribution in [0.4, 0.5) is 10.5 Å². The average Bonchev–Trinajstić information content (AvgIpc) is 3.50. The van der Waals surface area contributed by atoms with E-state index in [2.05, 4.69) is 21.3 Å². The van der Waals surface area contributed by atoms with Crippen LogP contribution in [0.25, 0.3) is 0 Å². The van der Waals surface area contributed by atoms with Crippen molar-refractivity contribution in [3.8, 4) is 11.5 Å². The fraction of sp³-hybridized carbons (Fsp3) is 0.385. The molecule has 2 aromatic carbocycles. The van der Waals surface area contributed by atoms with Crippen molar-refractivity contribution in [1.29, 1.82) is 0 Å². The Bertz CT molecular complexity index is 1180. The number of piperidine rings is 1. The lowest BCUT2D eigenvalue weighted by Gasteiger charge is -2.46. The van der Waals surface area contributed by atoms with Gasteiger partial charge in [-0.15, -0.1) is 0 Å². The third-order valence-electron chi connectivity index (χ3n) is 7.15. The summed E-state index contributed by atoms with van der Waals surface area (Å²) in [6.45, 7) is 4.50. The molecule has 0 saturated carbocycles. The number of carbonyl (C=O) groups is 2. The number of urea groups is 1. The average molecular weight is 492 g/mol. The lowest BCUT2D eigenvalue weighted by atomic mass is 9.86. The van der Waals surface area contributed by atoms with Gasteiger partial charge in [0, 0.05) is 29.9 Å². The summed E-state index contributed by atoms with van der Waals surface area (Å²) in [5, 5.41) is 13.1. The topological polar surface area (TPSA) is 94.7 Å². The summed E-state index contributed by atoms with van der Waals surface area (Å²) in [5.74, 6) is 1.46. The molecule has 8 nitrogen and oxygen atoms in total. The number of nitrogens with one attached hydrogen (secondary N) is 4. The minimum Gasteiger partial charge on any atom is -0.457 e. The number of hydrogen-bond acceptors (Lipinski definition) is 6. The number of hydrogen-bond donors (Lipinski definition) is 4. The van der Waals surface area contributed by atoms with Crippen LogP contribution in [0.3, 0.4) is 0 Å². The molecule has 0 bridgehead atoms. The van der Waals surface area contributed by atoms with E-state index in [1.54, 1.807) is 11.8 Å². The van der Waals surface area contributed by atoms with Crippen LogP contribution in [0.2, 0.25) is 0 Å². The van der Waals surface area contributed by atoms with E-state index in [-0.39, 0.29) is 35.3 Å². The maximum atomic E-state index is 13.5. The molecule has 4 atom stereocenters. The fourth-order valence-electron chi connectivity index (χ4n) is 5.52. The molecule has 9 heteroatoms. The SMILES string of the molecule is Cc1cc(Oc2ccccc2)ccc1N1C(=O)NC2=C(C(=O)N[C@@H]3CCNC3)SC3NCCC1C23. The number of para-hydroxylation sites is 1. The predicted octanol–water partition coefficient (Wildman–Crippen LogP) is 3.06. The van der Waals surface area contributed by atoms with Crippen molar-refractivity contribution in [2.24, 2.45) is 5.92 Å². The Labute approximate surface area is 208 Å². The number of anilines is 1. The molecule has 35 heavy (non-hydrogen) atoms. The summed E-state index contributed by atoms with van der Waals surface area (Å²) in [4.78, 5) is 29.1. The van der Waals surface area contributed by atoms with Gasteiger partial charge in [-0.3, -0.25) is 9.69 Å². The van der Waals surface area contributed by atoms with E-state index in [4.69, 9.17) is 4.74 Å². The second kappa shape index (κ2) is 9.22. The predicted molar refractivity (Wildman–Crippen MR) is 136 cm³/mol. The van der Waals surface area contributed by atoms with Gasteiger partial charge >= 0.3 is 6.03 Å². The van der Waals surface area contributed by atoms with E-state index in [0.29, 0.717) is 4.91 Å².